The Morgan fingerprint density at radius 3 is 2.91 bits per heavy atom. The van der Waals surface area contributed by atoms with E-state index >= 15 is 0 Å². The first kappa shape index (κ1) is 15.4. The van der Waals surface area contributed by atoms with Gasteiger partial charge in [0.15, 0.2) is 5.60 Å². The first-order chi connectivity index (χ1) is 10.9. The average Bonchev–Trinajstić information content (AvgIpc) is 2.53. The van der Waals surface area contributed by atoms with Crippen molar-refractivity contribution in [3.05, 3.63) is 41.8 Å². The van der Waals surface area contributed by atoms with Gasteiger partial charge in [-0.1, -0.05) is 6.07 Å². The number of halogens is 1. The molecule has 2 aromatic rings. The fourth-order valence-electron chi connectivity index (χ4n) is 2.90. The summed E-state index contributed by atoms with van der Waals surface area (Å²) >= 11 is 0. The van der Waals surface area contributed by atoms with Gasteiger partial charge in [-0.05, 0) is 31.0 Å². The smallest absolute Gasteiger partial charge is 0.256 e. The topological polar surface area (TPSA) is 96.5 Å². The van der Waals surface area contributed by atoms with Crippen LogP contribution in [0.1, 0.15) is 23.2 Å². The number of nitrogens with two attached hydrogens (primary N) is 1. The SMILES string of the molecule is NC(=O)C1(O)CCCN(C(=O)c2cc(F)cc3cccnc23)C1. The van der Waals surface area contributed by atoms with Gasteiger partial charge in [-0.15, -0.1) is 0 Å². The van der Waals surface area contributed by atoms with E-state index in [1.807, 2.05) is 0 Å². The highest BCUT2D eigenvalue weighted by Crippen LogP contribution is 2.25. The number of aromatic nitrogens is 1. The minimum Gasteiger partial charge on any atom is -0.378 e. The highest BCUT2D eigenvalue weighted by Gasteiger charge is 2.40. The third kappa shape index (κ3) is 2.75. The number of rotatable bonds is 2. The number of carbonyl (C=O) groups is 2. The molecule has 1 aliphatic rings. The zero-order chi connectivity index (χ0) is 16.6. The Hall–Kier alpha value is -2.54. The second kappa shape index (κ2) is 5.58. The fraction of sp³-hybridized carbons (Fsp3) is 0.312. The molecule has 3 N–H and O–H groups in total. The standard InChI is InChI=1S/C16H16FN3O3/c17-11-7-10-3-1-5-19-13(10)12(8-11)14(21)20-6-2-4-16(23,9-20)15(18)22/h1,3,5,7-8,23H,2,4,6,9H2,(H2,18,22). The molecule has 1 aromatic heterocycles. The van der Waals surface area contributed by atoms with Crippen LogP contribution in [-0.2, 0) is 4.79 Å². The highest BCUT2D eigenvalue weighted by molar-refractivity contribution is 6.05. The largest absolute Gasteiger partial charge is 0.378 e. The molecule has 0 bridgehead atoms. The van der Waals surface area contributed by atoms with Crippen LogP contribution >= 0.6 is 0 Å². The summed E-state index contributed by atoms with van der Waals surface area (Å²) < 4.78 is 13.8. The van der Waals surface area contributed by atoms with E-state index in [4.69, 9.17) is 5.73 Å². The van der Waals surface area contributed by atoms with E-state index in [0.29, 0.717) is 23.9 Å². The van der Waals surface area contributed by atoms with Crippen molar-refractivity contribution in [2.75, 3.05) is 13.1 Å². The molecule has 23 heavy (non-hydrogen) atoms. The third-order valence-electron chi connectivity index (χ3n) is 4.12. The predicted octanol–water partition coefficient (Wildman–Crippen LogP) is 0.826. The highest BCUT2D eigenvalue weighted by atomic mass is 19.1. The maximum absolute atomic E-state index is 13.8. The summed E-state index contributed by atoms with van der Waals surface area (Å²) in [5, 5.41) is 10.7. The number of primary amides is 1. The zero-order valence-electron chi connectivity index (χ0n) is 12.3. The lowest BCUT2D eigenvalue weighted by Crippen LogP contribution is -2.57. The quantitative estimate of drug-likeness (QED) is 0.857. The molecular formula is C16H16FN3O3. The fourth-order valence-corrected chi connectivity index (χ4v) is 2.90. The number of likely N-dealkylation sites (tertiary alicyclic amines) is 1. The molecule has 1 aliphatic heterocycles. The van der Waals surface area contributed by atoms with Crippen molar-refractivity contribution in [1.82, 2.24) is 9.88 Å². The minimum atomic E-state index is -1.75. The van der Waals surface area contributed by atoms with Gasteiger partial charge in [0.05, 0.1) is 17.6 Å². The van der Waals surface area contributed by atoms with Crippen molar-refractivity contribution in [2.45, 2.75) is 18.4 Å². The number of fused-ring (bicyclic) bond motifs is 1. The maximum Gasteiger partial charge on any atom is 0.256 e. The number of benzene rings is 1. The van der Waals surface area contributed by atoms with E-state index in [1.54, 1.807) is 12.1 Å². The minimum absolute atomic E-state index is 0.106. The molecule has 2 heterocycles. The van der Waals surface area contributed by atoms with Gasteiger partial charge in [-0.3, -0.25) is 14.6 Å². The van der Waals surface area contributed by atoms with E-state index in [1.165, 1.54) is 17.2 Å². The van der Waals surface area contributed by atoms with E-state index in [-0.39, 0.29) is 18.5 Å². The maximum atomic E-state index is 13.8. The monoisotopic (exact) mass is 317 g/mol. The number of pyridine rings is 1. The normalized spacial score (nSPS) is 21.4. The molecule has 3 rings (SSSR count). The summed E-state index contributed by atoms with van der Waals surface area (Å²) in [5.74, 6) is -1.89. The molecule has 0 saturated carbocycles. The van der Waals surface area contributed by atoms with Crippen molar-refractivity contribution in [1.29, 1.82) is 0 Å². The summed E-state index contributed by atoms with van der Waals surface area (Å²) in [4.78, 5) is 29.6. The predicted molar refractivity (Wildman–Crippen MR) is 81.0 cm³/mol. The number of amides is 2. The van der Waals surface area contributed by atoms with Crippen molar-refractivity contribution >= 4 is 22.7 Å². The summed E-state index contributed by atoms with van der Waals surface area (Å²) in [6, 6.07) is 5.74. The van der Waals surface area contributed by atoms with Crippen LogP contribution in [0.25, 0.3) is 10.9 Å². The molecule has 1 saturated heterocycles. The lowest BCUT2D eigenvalue weighted by Gasteiger charge is -2.37. The van der Waals surface area contributed by atoms with Crippen LogP contribution in [0.3, 0.4) is 0 Å². The summed E-state index contributed by atoms with van der Waals surface area (Å²) in [6.07, 6.45) is 2.16. The first-order valence-electron chi connectivity index (χ1n) is 7.26. The van der Waals surface area contributed by atoms with Gasteiger partial charge < -0.3 is 15.7 Å². The van der Waals surface area contributed by atoms with Crippen molar-refractivity contribution in [2.24, 2.45) is 5.73 Å². The molecule has 1 aromatic carbocycles. The molecule has 6 nitrogen and oxygen atoms in total. The molecule has 1 unspecified atom stereocenters. The lowest BCUT2D eigenvalue weighted by molar-refractivity contribution is -0.140. The Morgan fingerprint density at radius 1 is 1.39 bits per heavy atom. The second-order valence-corrected chi connectivity index (χ2v) is 5.75. The third-order valence-corrected chi connectivity index (χ3v) is 4.12. The number of β-amino-alcohol motifs (C(OH)–C–C–N with tert-alkyl or cyclic N) is 1. The Balaban J connectivity index is 1.99. The van der Waals surface area contributed by atoms with E-state index in [9.17, 15) is 19.1 Å². The molecule has 0 radical (unpaired) electrons. The molecule has 2 amide bonds. The summed E-state index contributed by atoms with van der Waals surface area (Å²) in [6.45, 7) is 0.158. The first-order valence-corrected chi connectivity index (χ1v) is 7.26. The Labute approximate surface area is 131 Å². The van der Waals surface area contributed by atoms with Crippen LogP contribution in [0.5, 0.6) is 0 Å². The summed E-state index contributed by atoms with van der Waals surface area (Å²) in [7, 11) is 0. The van der Waals surface area contributed by atoms with Crippen LogP contribution in [0, 0.1) is 5.82 Å². The van der Waals surface area contributed by atoms with Gasteiger partial charge in [0.25, 0.3) is 11.8 Å². The number of carbonyl (C=O) groups excluding carboxylic acids is 2. The zero-order valence-corrected chi connectivity index (χ0v) is 12.3. The van der Waals surface area contributed by atoms with Crippen LogP contribution in [0.15, 0.2) is 30.5 Å². The Kier molecular flexibility index (Phi) is 3.73. The molecule has 0 spiro atoms. The summed E-state index contributed by atoms with van der Waals surface area (Å²) in [5.41, 5.74) is 3.96. The van der Waals surface area contributed by atoms with Crippen molar-refractivity contribution in [3.63, 3.8) is 0 Å². The van der Waals surface area contributed by atoms with Crippen LogP contribution in [-0.4, -0.2) is 45.5 Å². The Bertz CT molecular complexity index is 795. The van der Waals surface area contributed by atoms with E-state index < -0.39 is 23.2 Å². The lowest BCUT2D eigenvalue weighted by atomic mass is 9.91. The van der Waals surface area contributed by atoms with Gasteiger partial charge >= 0.3 is 0 Å². The number of aliphatic hydroxyl groups is 1. The number of nitrogens with zero attached hydrogens (tertiary/aromatic N) is 2. The molecule has 120 valence electrons. The average molecular weight is 317 g/mol. The second-order valence-electron chi connectivity index (χ2n) is 5.75. The molecule has 7 heteroatoms. The van der Waals surface area contributed by atoms with E-state index in [0.717, 1.165) is 6.07 Å². The molecule has 0 aliphatic carbocycles. The van der Waals surface area contributed by atoms with Crippen LogP contribution < -0.4 is 5.73 Å². The molecule has 1 fully saturated rings. The van der Waals surface area contributed by atoms with Crippen molar-refractivity contribution in [3.8, 4) is 0 Å². The van der Waals surface area contributed by atoms with Crippen LogP contribution in [0.2, 0.25) is 0 Å². The number of hydrogen-bond donors (Lipinski definition) is 2. The van der Waals surface area contributed by atoms with Gasteiger partial charge in [-0.25, -0.2) is 4.39 Å². The van der Waals surface area contributed by atoms with Crippen LogP contribution in [0.4, 0.5) is 4.39 Å². The number of hydrogen-bond acceptors (Lipinski definition) is 4. The van der Waals surface area contributed by atoms with Crippen molar-refractivity contribution < 1.29 is 19.1 Å². The number of piperidine rings is 1. The van der Waals surface area contributed by atoms with Gasteiger partial charge in [0.1, 0.15) is 5.82 Å². The molecule has 1 atom stereocenters. The van der Waals surface area contributed by atoms with Gasteiger partial charge in [-0.2, -0.15) is 0 Å². The Morgan fingerprint density at radius 2 is 2.17 bits per heavy atom. The molecular weight excluding hydrogens is 301 g/mol. The van der Waals surface area contributed by atoms with E-state index in [2.05, 4.69) is 4.98 Å². The van der Waals surface area contributed by atoms with Gasteiger partial charge in [0, 0.05) is 18.1 Å². The van der Waals surface area contributed by atoms with Gasteiger partial charge in [0.2, 0.25) is 0 Å².